The highest BCUT2D eigenvalue weighted by Gasteiger charge is 2.44. The summed E-state index contributed by atoms with van der Waals surface area (Å²) < 4.78 is 43.4. The highest BCUT2D eigenvalue weighted by atomic mass is 19.4. The van der Waals surface area contributed by atoms with Crippen LogP contribution in [0.2, 0.25) is 0 Å². The van der Waals surface area contributed by atoms with Crippen LogP contribution in [0.1, 0.15) is 38.5 Å². The number of carboxylic acids is 1. The van der Waals surface area contributed by atoms with E-state index in [1.807, 2.05) is 4.90 Å². The molecule has 0 aromatic heterocycles. The predicted molar refractivity (Wildman–Crippen MR) is 96.3 cm³/mol. The summed E-state index contributed by atoms with van der Waals surface area (Å²) >= 11 is 0. The molecule has 0 bridgehead atoms. The normalized spacial score (nSPS) is 31.1. The topological polar surface area (TPSA) is 79.3 Å². The lowest BCUT2D eigenvalue weighted by Gasteiger charge is -2.40. The minimum atomic E-state index is -5.08. The van der Waals surface area contributed by atoms with Gasteiger partial charge in [-0.3, -0.25) is 9.69 Å². The van der Waals surface area contributed by atoms with Crippen LogP contribution in [-0.2, 0) is 19.1 Å². The van der Waals surface area contributed by atoms with Gasteiger partial charge >= 0.3 is 12.1 Å². The number of nitrogens with zero attached hydrogens (tertiary/aromatic N) is 2. The van der Waals surface area contributed by atoms with E-state index >= 15 is 0 Å². The summed E-state index contributed by atoms with van der Waals surface area (Å²) in [5, 5.41) is 7.12. The molecule has 3 atom stereocenters. The van der Waals surface area contributed by atoms with Gasteiger partial charge in [0.1, 0.15) is 6.10 Å². The third-order valence-electron chi connectivity index (χ3n) is 6.23. The number of carboxylic acid groups (broad SMARTS) is 1. The second-order valence-electron chi connectivity index (χ2n) is 8.12. The molecule has 4 aliphatic heterocycles. The van der Waals surface area contributed by atoms with Gasteiger partial charge in [-0.1, -0.05) is 0 Å². The van der Waals surface area contributed by atoms with Gasteiger partial charge < -0.3 is 19.5 Å². The van der Waals surface area contributed by atoms with Crippen LogP contribution >= 0.6 is 0 Å². The van der Waals surface area contributed by atoms with Gasteiger partial charge in [-0.15, -0.1) is 0 Å². The lowest BCUT2D eigenvalue weighted by atomic mass is 9.90. The predicted octanol–water partition coefficient (Wildman–Crippen LogP) is 1.90. The van der Waals surface area contributed by atoms with Crippen molar-refractivity contribution in [2.45, 2.75) is 63.0 Å². The fraction of sp³-hybridized carbons (Fsp3) is 0.895. The van der Waals surface area contributed by atoms with E-state index in [9.17, 15) is 18.0 Å². The summed E-state index contributed by atoms with van der Waals surface area (Å²) in [4.78, 5) is 26.0. The van der Waals surface area contributed by atoms with Gasteiger partial charge in [0.15, 0.2) is 0 Å². The van der Waals surface area contributed by atoms with Crippen molar-refractivity contribution < 1.29 is 37.3 Å². The largest absolute Gasteiger partial charge is 0.490 e. The Bertz CT molecular complexity index is 577. The Morgan fingerprint density at radius 3 is 2.21 bits per heavy atom. The number of alkyl halides is 3. The Kier molecular flexibility index (Phi) is 7.39. The second kappa shape index (κ2) is 9.61. The van der Waals surface area contributed by atoms with Crippen LogP contribution in [0.5, 0.6) is 0 Å². The number of carbonyl (C=O) groups excluding carboxylic acids is 1. The zero-order chi connectivity index (χ0) is 21.0. The SMILES string of the molecule is O=C(O)C(F)(F)F.O=C([C@H]1C[C@@H]2CCN(C3CCOCC3)C[C@H]2O1)N1CCCC1. The number of rotatable bonds is 2. The Hall–Kier alpha value is -1.39. The van der Waals surface area contributed by atoms with Crippen molar-refractivity contribution in [2.24, 2.45) is 5.92 Å². The maximum atomic E-state index is 12.5. The van der Waals surface area contributed by atoms with E-state index in [1.54, 1.807) is 0 Å². The van der Waals surface area contributed by atoms with Gasteiger partial charge in [-0.2, -0.15) is 13.2 Å². The number of halogens is 3. The maximum Gasteiger partial charge on any atom is 0.490 e. The summed E-state index contributed by atoms with van der Waals surface area (Å²) in [5.41, 5.74) is 0. The third-order valence-corrected chi connectivity index (χ3v) is 6.23. The standard InChI is InChI=1S/C17H28N2O3.C2HF3O2/c20-17(18-6-1-2-7-18)15-11-13-3-8-19(12-16(13)22-15)14-4-9-21-10-5-14;3-2(4,5)1(6)7/h13-16H,1-12H2;(H,6,7)/t13-,15+,16+;/m0./s1. The van der Waals surface area contributed by atoms with E-state index in [-0.39, 0.29) is 18.1 Å². The van der Waals surface area contributed by atoms with Crippen LogP contribution in [0.4, 0.5) is 13.2 Å². The van der Waals surface area contributed by atoms with Crippen molar-refractivity contribution in [3.63, 3.8) is 0 Å². The van der Waals surface area contributed by atoms with E-state index in [0.29, 0.717) is 12.0 Å². The number of ether oxygens (including phenoxy) is 2. The molecular weight excluding hydrogens is 393 g/mol. The molecule has 1 N–H and O–H groups in total. The van der Waals surface area contributed by atoms with Crippen molar-refractivity contribution >= 4 is 11.9 Å². The van der Waals surface area contributed by atoms with E-state index in [2.05, 4.69) is 4.90 Å². The minimum absolute atomic E-state index is 0.164. The molecule has 4 rings (SSSR count). The molecule has 0 aromatic rings. The van der Waals surface area contributed by atoms with Gasteiger partial charge in [0, 0.05) is 38.9 Å². The van der Waals surface area contributed by atoms with Gasteiger partial charge in [0.25, 0.3) is 5.91 Å². The Morgan fingerprint density at radius 2 is 1.62 bits per heavy atom. The van der Waals surface area contributed by atoms with E-state index < -0.39 is 12.1 Å². The average molecular weight is 422 g/mol. The molecule has 0 radical (unpaired) electrons. The average Bonchev–Trinajstić information content (AvgIpc) is 3.37. The van der Waals surface area contributed by atoms with E-state index in [1.165, 1.54) is 13.0 Å². The smallest absolute Gasteiger partial charge is 0.475 e. The number of fused-ring (bicyclic) bond motifs is 1. The molecule has 0 aliphatic carbocycles. The zero-order valence-electron chi connectivity index (χ0n) is 16.4. The minimum Gasteiger partial charge on any atom is -0.475 e. The van der Waals surface area contributed by atoms with Gasteiger partial charge in [0.2, 0.25) is 0 Å². The molecular formula is C19H29F3N2O5. The molecule has 166 valence electrons. The molecule has 0 saturated carbocycles. The molecule has 0 unspecified atom stereocenters. The summed E-state index contributed by atoms with van der Waals surface area (Å²) in [7, 11) is 0. The van der Waals surface area contributed by atoms with E-state index in [0.717, 1.165) is 65.0 Å². The first-order chi connectivity index (χ1) is 13.8. The van der Waals surface area contributed by atoms with Crippen LogP contribution in [0.3, 0.4) is 0 Å². The highest BCUT2D eigenvalue weighted by molar-refractivity contribution is 5.81. The molecule has 4 aliphatic rings. The lowest BCUT2D eigenvalue weighted by molar-refractivity contribution is -0.192. The highest BCUT2D eigenvalue weighted by Crippen LogP contribution is 2.35. The van der Waals surface area contributed by atoms with Crippen molar-refractivity contribution in [1.82, 2.24) is 9.80 Å². The number of aliphatic carboxylic acids is 1. The van der Waals surface area contributed by atoms with Crippen LogP contribution in [-0.4, -0.2) is 90.6 Å². The summed E-state index contributed by atoms with van der Waals surface area (Å²) in [5.74, 6) is -1.91. The number of hydrogen-bond acceptors (Lipinski definition) is 5. The molecule has 4 fully saturated rings. The molecule has 0 aromatic carbocycles. The van der Waals surface area contributed by atoms with Gasteiger partial charge in [-0.25, -0.2) is 4.79 Å². The molecule has 10 heteroatoms. The first kappa shape index (κ1) is 22.3. The van der Waals surface area contributed by atoms with Gasteiger partial charge in [-0.05, 0) is 51.0 Å². The second-order valence-corrected chi connectivity index (χ2v) is 8.12. The fourth-order valence-electron chi connectivity index (χ4n) is 4.64. The monoisotopic (exact) mass is 422 g/mol. The zero-order valence-corrected chi connectivity index (χ0v) is 16.4. The van der Waals surface area contributed by atoms with Crippen molar-refractivity contribution in [2.75, 3.05) is 39.4 Å². The Labute approximate surface area is 168 Å². The molecule has 7 nitrogen and oxygen atoms in total. The molecule has 4 heterocycles. The Balaban J connectivity index is 0.000000298. The summed E-state index contributed by atoms with van der Waals surface area (Å²) in [6.07, 6.45) is 1.76. The number of carbonyl (C=O) groups is 2. The first-order valence-corrected chi connectivity index (χ1v) is 10.3. The van der Waals surface area contributed by atoms with Crippen molar-refractivity contribution in [3.05, 3.63) is 0 Å². The third kappa shape index (κ3) is 5.82. The molecule has 1 amide bonds. The van der Waals surface area contributed by atoms with Crippen LogP contribution in [0.15, 0.2) is 0 Å². The lowest BCUT2D eigenvalue weighted by Crippen LogP contribution is -2.49. The molecule has 29 heavy (non-hydrogen) atoms. The van der Waals surface area contributed by atoms with Gasteiger partial charge in [0.05, 0.1) is 6.10 Å². The van der Waals surface area contributed by atoms with Crippen LogP contribution < -0.4 is 0 Å². The van der Waals surface area contributed by atoms with Crippen LogP contribution in [0.25, 0.3) is 0 Å². The summed E-state index contributed by atoms with van der Waals surface area (Å²) in [6.45, 7) is 5.84. The first-order valence-electron chi connectivity index (χ1n) is 10.3. The number of amides is 1. The number of piperidine rings is 1. The number of likely N-dealkylation sites (tertiary alicyclic amines) is 2. The Morgan fingerprint density at radius 1 is 1.00 bits per heavy atom. The number of hydrogen-bond donors (Lipinski definition) is 1. The van der Waals surface area contributed by atoms with Crippen molar-refractivity contribution in [1.29, 1.82) is 0 Å². The molecule has 4 saturated heterocycles. The maximum absolute atomic E-state index is 12.5. The fourth-order valence-corrected chi connectivity index (χ4v) is 4.64. The molecule has 0 spiro atoms. The van der Waals surface area contributed by atoms with Crippen molar-refractivity contribution in [3.8, 4) is 0 Å². The summed E-state index contributed by atoms with van der Waals surface area (Å²) in [6, 6.07) is 0.659. The van der Waals surface area contributed by atoms with Crippen LogP contribution in [0, 0.1) is 5.92 Å². The van der Waals surface area contributed by atoms with E-state index in [4.69, 9.17) is 19.4 Å². The quantitative estimate of drug-likeness (QED) is 0.732.